The second-order valence-electron chi connectivity index (χ2n) is 4.45. The van der Waals surface area contributed by atoms with Gasteiger partial charge < -0.3 is 10.4 Å². The van der Waals surface area contributed by atoms with E-state index in [9.17, 15) is 9.50 Å². The SMILES string of the molecule is C=CCCC(CC)NCC(O)c1ccc(F)cc1. The summed E-state index contributed by atoms with van der Waals surface area (Å²) in [5.74, 6) is -0.281. The highest BCUT2D eigenvalue weighted by atomic mass is 19.1. The van der Waals surface area contributed by atoms with E-state index in [4.69, 9.17) is 0 Å². The third-order valence-corrected chi connectivity index (χ3v) is 3.07. The molecule has 100 valence electrons. The Balaban J connectivity index is 2.41. The highest BCUT2D eigenvalue weighted by molar-refractivity contribution is 5.18. The molecule has 2 nitrogen and oxygen atoms in total. The molecule has 1 rings (SSSR count). The molecule has 0 aliphatic rings. The number of hydrogen-bond acceptors (Lipinski definition) is 2. The molecule has 0 bridgehead atoms. The zero-order chi connectivity index (χ0) is 13.4. The molecule has 2 atom stereocenters. The van der Waals surface area contributed by atoms with Crippen LogP contribution in [0.2, 0.25) is 0 Å². The molecular weight excluding hydrogens is 229 g/mol. The van der Waals surface area contributed by atoms with Crippen LogP contribution < -0.4 is 5.32 Å². The van der Waals surface area contributed by atoms with Crippen molar-refractivity contribution in [2.75, 3.05) is 6.54 Å². The lowest BCUT2D eigenvalue weighted by Gasteiger charge is -2.19. The van der Waals surface area contributed by atoms with Crippen molar-refractivity contribution in [2.24, 2.45) is 0 Å². The van der Waals surface area contributed by atoms with Crippen LogP contribution in [0.5, 0.6) is 0 Å². The largest absolute Gasteiger partial charge is 0.387 e. The van der Waals surface area contributed by atoms with Gasteiger partial charge in [0.05, 0.1) is 6.10 Å². The van der Waals surface area contributed by atoms with Gasteiger partial charge in [-0.1, -0.05) is 25.1 Å². The van der Waals surface area contributed by atoms with E-state index < -0.39 is 6.10 Å². The van der Waals surface area contributed by atoms with Crippen molar-refractivity contribution < 1.29 is 9.50 Å². The number of aliphatic hydroxyl groups excluding tert-OH is 1. The van der Waals surface area contributed by atoms with Crippen LogP contribution in [0.1, 0.15) is 37.9 Å². The van der Waals surface area contributed by atoms with Crippen molar-refractivity contribution in [1.29, 1.82) is 0 Å². The van der Waals surface area contributed by atoms with Gasteiger partial charge in [0.15, 0.2) is 0 Å². The molecule has 0 aromatic heterocycles. The molecule has 0 radical (unpaired) electrons. The fourth-order valence-corrected chi connectivity index (χ4v) is 1.85. The average molecular weight is 251 g/mol. The summed E-state index contributed by atoms with van der Waals surface area (Å²) in [4.78, 5) is 0. The highest BCUT2D eigenvalue weighted by Gasteiger charge is 2.10. The zero-order valence-electron chi connectivity index (χ0n) is 10.9. The topological polar surface area (TPSA) is 32.3 Å². The Morgan fingerprint density at radius 2 is 2.06 bits per heavy atom. The van der Waals surface area contributed by atoms with Gasteiger partial charge in [0, 0.05) is 12.6 Å². The Labute approximate surface area is 109 Å². The highest BCUT2D eigenvalue weighted by Crippen LogP contribution is 2.13. The Hall–Kier alpha value is -1.19. The first-order valence-electron chi connectivity index (χ1n) is 6.45. The van der Waals surface area contributed by atoms with Crippen molar-refractivity contribution in [1.82, 2.24) is 5.32 Å². The fraction of sp³-hybridized carbons (Fsp3) is 0.467. The maximum Gasteiger partial charge on any atom is 0.123 e. The first kappa shape index (κ1) is 14.9. The molecule has 0 saturated heterocycles. The van der Waals surface area contributed by atoms with E-state index in [1.165, 1.54) is 12.1 Å². The summed E-state index contributed by atoms with van der Waals surface area (Å²) in [5, 5.41) is 13.3. The van der Waals surface area contributed by atoms with E-state index in [-0.39, 0.29) is 5.82 Å². The van der Waals surface area contributed by atoms with Crippen molar-refractivity contribution in [3.63, 3.8) is 0 Å². The fourth-order valence-electron chi connectivity index (χ4n) is 1.85. The summed E-state index contributed by atoms with van der Waals surface area (Å²) in [6, 6.07) is 6.36. The Morgan fingerprint density at radius 1 is 1.39 bits per heavy atom. The number of hydrogen-bond donors (Lipinski definition) is 2. The van der Waals surface area contributed by atoms with Crippen molar-refractivity contribution >= 4 is 0 Å². The molecule has 0 aliphatic heterocycles. The average Bonchev–Trinajstić information content (AvgIpc) is 2.39. The molecule has 0 spiro atoms. The minimum atomic E-state index is -0.594. The third kappa shape index (κ3) is 4.98. The van der Waals surface area contributed by atoms with Gasteiger partial charge in [-0.2, -0.15) is 0 Å². The van der Waals surface area contributed by atoms with Gasteiger partial charge >= 0.3 is 0 Å². The predicted molar refractivity (Wildman–Crippen MR) is 72.9 cm³/mol. The second kappa shape index (κ2) is 8.01. The van der Waals surface area contributed by atoms with Crippen LogP contribution >= 0.6 is 0 Å². The van der Waals surface area contributed by atoms with Gasteiger partial charge in [-0.3, -0.25) is 0 Å². The van der Waals surface area contributed by atoms with Gasteiger partial charge in [-0.05, 0) is 37.0 Å². The van der Waals surface area contributed by atoms with Crippen LogP contribution in [0.15, 0.2) is 36.9 Å². The van der Waals surface area contributed by atoms with E-state index in [1.54, 1.807) is 12.1 Å². The monoisotopic (exact) mass is 251 g/mol. The van der Waals surface area contributed by atoms with Crippen LogP contribution in [0.25, 0.3) is 0 Å². The normalized spacial score (nSPS) is 14.2. The molecule has 1 aromatic carbocycles. The lowest BCUT2D eigenvalue weighted by atomic mass is 10.1. The summed E-state index contributed by atoms with van der Waals surface area (Å²) in [5.41, 5.74) is 0.738. The Kier molecular flexibility index (Phi) is 6.61. The molecule has 2 unspecified atom stereocenters. The first-order chi connectivity index (χ1) is 8.67. The van der Waals surface area contributed by atoms with E-state index in [1.807, 2.05) is 6.08 Å². The van der Waals surface area contributed by atoms with Crippen LogP contribution in [0.4, 0.5) is 4.39 Å². The number of rotatable bonds is 8. The van der Waals surface area contributed by atoms with Crippen LogP contribution in [-0.4, -0.2) is 17.7 Å². The molecule has 0 fully saturated rings. The number of benzene rings is 1. The Morgan fingerprint density at radius 3 is 2.61 bits per heavy atom. The maximum absolute atomic E-state index is 12.8. The van der Waals surface area contributed by atoms with Gasteiger partial charge in [0.1, 0.15) is 5.82 Å². The van der Waals surface area contributed by atoms with Crippen molar-refractivity contribution in [3.8, 4) is 0 Å². The summed E-state index contributed by atoms with van der Waals surface area (Å²) in [6.45, 7) is 6.31. The summed E-state index contributed by atoms with van der Waals surface area (Å²) in [6.07, 6.45) is 4.32. The van der Waals surface area contributed by atoms with Gasteiger partial charge in [-0.15, -0.1) is 6.58 Å². The predicted octanol–water partition coefficient (Wildman–Crippen LogP) is 3.19. The molecule has 0 amide bonds. The number of halogens is 1. The number of nitrogens with one attached hydrogen (secondary N) is 1. The zero-order valence-corrected chi connectivity index (χ0v) is 10.9. The van der Waals surface area contributed by atoms with Gasteiger partial charge in [-0.25, -0.2) is 4.39 Å². The van der Waals surface area contributed by atoms with Gasteiger partial charge in [0.25, 0.3) is 0 Å². The quantitative estimate of drug-likeness (QED) is 0.695. The van der Waals surface area contributed by atoms with Crippen LogP contribution in [-0.2, 0) is 0 Å². The summed E-state index contributed by atoms with van der Waals surface area (Å²) < 4.78 is 12.8. The molecule has 0 aliphatic carbocycles. The lowest BCUT2D eigenvalue weighted by Crippen LogP contribution is -2.32. The van der Waals surface area contributed by atoms with E-state index in [0.29, 0.717) is 12.6 Å². The molecule has 3 heteroatoms. The van der Waals surface area contributed by atoms with Crippen LogP contribution in [0.3, 0.4) is 0 Å². The smallest absolute Gasteiger partial charge is 0.123 e. The van der Waals surface area contributed by atoms with Crippen LogP contribution in [0, 0.1) is 5.82 Å². The molecule has 0 heterocycles. The maximum atomic E-state index is 12.8. The molecule has 0 saturated carbocycles. The Bertz CT molecular complexity index is 350. The lowest BCUT2D eigenvalue weighted by molar-refractivity contribution is 0.168. The number of allylic oxidation sites excluding steroid dienone is 1. The van der Waals surface area contributed by atoms with E-state index >= 15 is 0 Å². The summed E-state index contributed by atoms with van der Waals surface area (Å²) >= 11 is 0. The van der Waals surface area contributed by atoms with Crippen molar-refractivity contribution in [3.05, 3.63) is 48.3 Å². The van der Waals surface area contributed by atoms with E-state index in [0.717, 1.165) is 24.8 Å². The molecular formula is C15H22FNO. The minimum absolute atomic E-state index is 0.281. The molecule has 18 heavy (non-hydrogen) atoms. The van der Waals surface area contributed by atoms with E-state index in [2.05, 4.69) is 18.8 Å². The summed E-state index contributed by atoms with van der Waals surface area (Å²) in [7, 11) is 0. The minimum Gasteiger partial charge on any atom is -0.387 e. The van der Waals surface area contributed by atoms with Crippen molar-refractivity contribution in [2.45, 2.75) is 38.3 Å². The third-order valence-electron chi connectivity index (χ3n) is 3.07. The van der Waals surface area contributed by atoms with Gasteiger partial charge in [0.2, 0.25) is 0 Å². The molecule has 1 aromatic rings. The molecule has 2 N–H and O–H groups in total. The number of aliphatic hydroxyl groups is 1. The second-order valence-corrected chi connectivity index (χ2v) is 4.45. The standard InChI is InChI=1S/C15H22FNO/c1-3-5-6-14(4-2)17-11-15(18)12-7-9-13(16)10-8-12/h3,7-10,14-15,17-18H,1,4-6,11H2,2H3. The first-order valence-corrected chi connectivity index (χ1v) is 6.45.